The van der Waals surface area contributed by atoms with Crippen LogP contribution in [0.3, 0.4) is 0 Å². The largest absolute Gasteiger partial charge is 0.470 e. The number of hydrogen-bond acceptors (Lipinski definition) is 7. The first-order valence-corrected chi connectivity index (χ1v) is 9.41. The van der Waals surface area contributed by atoms with Gasteiger partial charge in [0.25, 0.3) is 6.43 Å². The number of alkyl halides is 2. The number of rotatable bonds is 7. The van der Waals surface area contributed by atoms with Gasteiger partial charge in [-0.2, -0.15) is 0 Å². The van der Waals surface area contributed by atoms with Crippen molar-refractivity contribution in [3.8, 4) is 17.4 Å². The molecule has 4 rings (SSSR count). The van der Waals surface area contributed by atoms with Crippen molar-refractivity contribution in [2.24, 2.45) is 0 Å². The van der Waals surface area contributed by atoms with Gasteiger partial charge < -0.3 is 9.84 Å². The lowest BCUT2D eigenvalue weighted by Crippen LogP contribution is -2.08. The van der Waals surface area contributed by atoms with Gasteiger partial charge in [-0.15, -0.1) is 15.3 Å². The summed E-state index contributed by atoms with van der Waals surface area (Å²) < 4.78 is 34.5. The molecule has 0 aliphatic heterocycles. The van der Waals surface area contributed by atoms with E-state index in [-0.39, 0.29) is 12.2 Å². The predicted octanol–water partition coefficient (Wildman–Crippen LogP) is 3.12. The van der Waals surface area contributed by atoms with Crippen molar-refractivity contribution >= 4 is 0 Å². The average Bonchev–Trinajstić information content (AvgIpc) is 3.40. The van der Waals surface area contributed by atoms with Crippen LogP contribution in [0.15, 0.2) is 48.9 Å². The lowest BCUT2D eigenvalue weighted by Gasteiger charge is -2.09. The van der Waals surface area contributed by atoms with Crippen molar-refractivity contribution in [3.05, 3.63) is 71.6 Å². The molecule has 1 unspecified atom stereocenters. The Labute approximate surface area is 176 Å². The number of benzene rings is 1. The fourth-order valence-corrected chi connectivity index (χ4v) is 2.86. The zero-order chi connectivity index (χ0) is 22.0. The molecule has 0 saturated carbocycles. The molecule has 1 N–H and O–H groups in total. The van der Waals surface area contributed by atoms with E-state index in [2.05, 4.69) is 25.5 Å². The average molecular weight is 427 g/mol. The van der Waals surface area contributed by atoms with Gasteiger partial charge in [-0.05, 0) is 32.0 Å². The first-order chi connectivity index (χ1) is 14.9. The van der Waals surface area contributed by atoms with Crippen LogP contribution in [0.1, 0.15) is 42.1 Å². The fraction of sp³-hybridized carbons (Fsp3) is 0.250. The molecular weight excluding hydrogens is 408 g/mol. The molecule has 0 amide bonds. The fourth-order valence-electron chi connectivity index (χ4n) is 2.86. The molecule has 3 heterocycles. The molecule has 0 aliphatic carbocycles. The predicted molar refractivity (Wildman–Crippen MR) is 105 cm³/mol. The summed E-state index contributed by atoms with van der Waals surface area (Å²) in [4.78, 5) is 4.10. The number of ether oxygens (including phenoxy) is 1. The lowest BCUT2D eigenvalue weighted by atomic mass is 10.2. The molecule has 0 saturated heterocycles. The highest BCUT2D eigenvalue weighted by Gasteiger charge is 2.14. The van der Waals surface area contributed by atoms with Crippen LogP contribution in [-0.2, 0) is 6.61 Å². The number of aliphatic hydroxyl groups is 1. The minimum Gasteiger partial charge on any atom is -0.470 e. The summed E-state index contributed by atoms with van der Waals surface area (Å²) in [6.45, 7) is 3.52. The number of nitrogens with zero attached hydrogens (tertiary/aromatic N) is 7. The van der Waals surface area contributed by atoms with Crippen molar-refractivity contribution in [3.63, 3.8) is 0 Å². The summed E-state index contributed by atoms with van der Waals surface area (Å²) >= 11 is 0. The van der Waals surface area contributed by atoms with E-state index >= 15 is 0 Å². The van der Waals surface area contributed by atoms with Crippen LogP contribution in [-0.4, -0.2) is 39.8 Å². The van der Waals surface area contributed by atoms with Crippen LogP contribution in [0.2, 0.25) is 0 Å². The van der Waals surface area contributed by atoms with E-state index < -0.39 is 12.5 Å². The topological polar surface area (TPSA) is 104 Å². The smallest absolute Gasteiger partial charge is 0.263 e. The maximum absolute atomic E-state index is 12.8. The van der Waals surface area contributed by atoms with Crippen molar-refractivity contribution < 1.29 is 18.6 Å². The van der Waals surface area contributed by atoms with Crippen LogP contribution >= 0.6 is 0 Å². The van der Waals surface area contributed by atoms with E-state index in [1.807, 2.05) is 0 Å². The first-order valence-electron chi connectivity index (χ1n) is 9.41. The Morgan fingerprint density at radius 2 is 1.84 bits per heavy atom. The van der Waals surface area contributed by atoms with E-state index in [9.17, 15) is 13.9 Å². The van der Waals surface area contributed by atoms with Gasteiger partial charge in [0.2, 0.25) is 5.88 Å². The highest BCUT2D eigenvalue weighted by atomic mass is 19.3. The molecule has 4 aromatic rings. The molecule has 160 valence electrons. The van der Waals surface area contributed by atoms with E-state index in [0.717, 1.165) is 0 Å². The van der Waals surface area contributed by atoms with Crippen molar-refractivity contribution in [1.29, 1.82) is 0 Å². The quantitative estimate of drug-likeness (QED) is 0.483. The van der Waals surface area contributed by atoms with Gasteiger partial charge in [-0.3, -0.25) is 4.57 Å². The van der Waals surface area contributed by atoms with Gasteiger partial charge >= 0.3 is 0 Å². The standard InChI is InChI=1S/C20H19F2N7O2/c1-12-17(29(27-24-12)15-5-3-14(4-6-15)20(21)22)10-31-19-8-7-18(25-26-19)28-9-16(13(2)30)23-11-28/h3-9,11,13,20,30H,10H2,1-2H3. The van der Waals surface area contributed by atoms with E-state index in [4.69, 9.17) is 4.74 Å². The van der Waals surface area contributed by atoms with Gasteiger partial charge in [-0.25, -0.2) is 18.4 Å². The zero-order valence-corrected chi connectivity index (χ0v) is 16.7. The molecule has 3 aromatic heterocycles. The second-order valence-electron chi connectivity index (χ2n) is 6.83. The molecule has 11 heteroatoms. The third kappa shape index (κ3) is 4.40. The Bertz CT molecular complexity index is 1160. The molecule has 0 spiro atoms. The maximum Gasteiger partial charge on any atom is 0.263 e. The second kappa shape index (κ2) is 8.56. The summed E-state index contributed by atoms with van der Waals surface area (Å²) in [5.41, 5.74) is 2.37. The summed E-state index contributed by atoms with van der Waals surface area (Å²) in [6, 6.07) is 9.18. The van der Waals surface area contributed by atoms with Crippen molar-refractivity contribution in [2.75, 3.05) is 0 Å². The SMILES string of the molecule is Cc1nnn(-c2ccc(C(F)F)cc2)c1COc1ccc(-n2cnc(C(C)O)c2)nn1. The number of halogens is 2. The zero-order valence-electron chi connectivity index (χ0n) is 16.7. The molecule has 9 nitrogen and oxygen atoms in total. The van der Waals surface area contributed by atoms with Gasteiger partial charge in [0.05, 0.1) is 23.2 Å². The molecular formula is C20H19F2N7O2. The number of hydrogen-bond donors (Lipinski definition) is 1. The number of aliphatic hydroxyl groups excluding tert-OH is 1. The molecule has 0 fully saturated rings. The van der Waals surface area contributed by atoms with Gasteiger partial charge in [-0.1, -0.05) is 17.3 Å². The first kappa shape index (κ1) is 20.5. The van der Waals surface area contributed by atoms with Crippen molar-refractivity contribution in [2.45, 2.75) is 33.0 Å². The minimum absolute atomic E-state index is 0.0628. The second-order valence-corrected chi connectivity index (χ2v) is 6.83. The third-order valence-corrected chi connectivity index (χ3v) is 4.63. The highest BCUT2D eigenvalue weighted by molar-refractivity contribution is 5.36. The molecule has 0 bridgehead atoms. The van der Waals surface area contributed by atoms with E-state index in [0.29, 0.717) is 34.5 Å². The Morgan fingerprint density at radius 1 is 1.06 bits per heavy atom. The summed E-state index contributed by atoms with van der Waals surface area (Å²) in [7, 11) is 0. The Balaban J connectivity index is 1.47. The maximum atomic E-state index is 12.8. The highest BCUT2D eigenvalue weighted by Crippen LogP contribution is 2.21. The van der Waals surface area contributed by atoms with Crippen molar-refractivity contribution in [1.82, 2.24) is 34.7 Å². The number of aromatic nitrogens is 7. The molecule has 1 aromatic carbocycles. The van der Waals surface area contributed by atoms with Crippen LogP contribution in [0.5, 0.6) is 5.88 Å². The molecule has 1 atom stereocenters. The normalized spacial score (nSPS) is 12.3. The molecule has 31 heavy (non-hydrogen) atoms. The lowest BCUT2D eigenvalue weighted by molar-refractivity contribution is 0.151. The Kier molecular flexibility index (Phi) is 5.67. The van der Waals surface area contributed by atoms with Crippen LogP contribution in [0.25, 0.3) is 11.5 Å². The summed E-state index contributed by atoms with van der Waals surface area (Å²) in [6.07, 6.45) is 0.00337. The van der Waals surface area contributed by atoms with Crippen LogP contribution in [0.4, 0.5) is 8.78 Å². The molecule has 0 aliphatic rings. The Morgan fingerprint density at radius 3 is 2.45 bits per heavy atom. The van der Waals surface area contributed by atoms with E-state index in [1.165, 1.54) is 16.8 Å². The molecule has 0 radical (unpaired) electrons. The Hall–Kier alpha value is -3.73. The van der Waals surface area contributed by atoms with E-state index in [1.54, 1.807) is 55.2 Å². The minimum atomic E-state index is -2.53. The summed E-state index contributed by atoms with van der Waals surface area (Å²) in [5.74, 6) is 0.813. The number of aryl methyl sites for hydroxylation is 1. The monoisotopic (exact) mass is 427 g/mol. The van der Waals surface area contributed by atoms with Gasteiger partial charge in [0.15, 0.2) is 5.82 Å². The number of imidazole rings is 1. The summed E-state index contributed by atoms with van der Waals surface area (Å²) in [5, 5.41) is 25.9. The third-order valence-electron chi connectivity index (χ3n) is 4.63. The van der Waals surface area contributed by atoms with Crippen LogP contribution < -0.4 is 4.74 Å². The van der Waals surface area contributed by atoms with Gasteiger partial charge in [0, 0.05) is 17.8 Å². The van der Waals surface area contributed by atoms with Crippen LogP contribution in [0, 0.1) is 6.92 Å². The van der Waals surface area contributed by atoms with Gasteiger partial charge in [0.1, 0.15) is 18.6 Å².